The van der Waals surface area contributed by atoms with Crippen LogP contribution >= 0.6 is 23.4 Å². The van der Waals surface area contributed by atoms with E-state index in [-0.39, 0.29) is 17.9 Å². The van der Waals surface area contributed by atoms with Crippen molar-refractivity contribution in [3.63, 3.8) is 0 Å². The quantitative estimate of drug-likeness (QED) is 0.585. The van der Waals surface area contributed by atoms with Crippen LogP contribution in [0.25, 0.3) is 0 Å². The number of hydrogen-bond acceptors (Lipinski definition) is 3. The van der Waals surface area contributed by atoms with Crippen LogP contribution in [0.1, 0.15) is 62.2 Å². The van der Waals surface area contributed by atoms with Gasteiger partial charge in [-0.1, -0.05) is 55.5 Å². The molecule has 0 spiro atoms. The van der Waals surface area contributed by atoms with Crippen molar-refractivity contribution in [2.75, 3.05) is 5.32 Å². The molecule has 6 heteroatoms. The Kier molecular flexibility index (Phi) is 8.01. The summed E-state index contributed by atoms with van der Waals surface area (Å²) in [5.41, 5.74) is 1.21. The topological polar surface area (TPSA) is 58.2 Å². The zero-order valence-electron chi connectivity index (χ0n) is 16.7. The van der Waals surface area contributed by atoms with Crippen molar-refractivity contribution in [3.05, 3.63) is 53.1 Å². The van der Waals surface area contributed by atoms with Crippen LogP contribution in [0.2, 0.25) is 5.02 Å². The Morgan fingerprint density at radius 1 is 0.966 bits per heavy atom. The fraction of sp³-hybridized carbons (Fsp3) is 0.391. The van der Waals surface area contributed by atoms with E-state index in [4.69, 9.17) is 11.6 Å². The lowest BCUT2D eigenvalue weighted by Gasteiger charge is -2.21. The molecule has 3 rings (SSSR count). The van der Waals surface area contributed by atoms with Gasteiger partial charge in [-0.2, -0.15) is 0 Å². The molecule has 0 saturated heterocycles. The Morgan fingerprint density at radius 2 is 1.62 bits per heavy atom. The van der Waals surface area contributed by atoms with E-state index < -0.39 is 0 Å². The van der Waals surface area contributed by atoms with Gasteiger partial charge in [-0.25, -0.2) is 0 Å². The van der Waals surface area contributed by atoms with Gasteiger partial charge in [0.1, 0.15) is 0 Å². The number of amides is 2. The summed E-state index contributed by atoms with van der Waals surface area (Å²) in [7, 11) is 0. The molecule has 154 valence electrons. The fourth-order valence-corrected chi connectivity index (χ4v) is 4.55. The lowest BCUT2D eigenvalue weighted by Crippen LogP contribution is -2.35. The van der Waals surface area contributed by atoms with E-state index in [1.165, 1.54) is 50.8 Å². The summed E-state index contributed by atoms with van der Waals surface area (Å²) in [5, 5.41) is 6.72. The molecule has 1 aliphatic rings. The average molecular weight is 431 g/mol. The molecule has 0 atom stereocenters. The molecule has 0 unspecified atom stereocenters. The summed E-state index contributed by atoms with van der Waals surface area (Å²) in [6.07, 6.45) is 8.19. The highest BCUT2D eigenvalue weighted by molar-refractivity contribution is 7.99. The van der Waals surface area contributed by atoms with Crippen molar-refractivity contribution in [1.29, 1.82) is 0 Å². The van der Waals surface area contributed by atoms with Gasteiger partial charge in [-0.15, -0.1) is 0 Å². The number of halogens is 1. The molecule has 0 aliphatic heterocycles. The molecular formula is C23H27ClN2O2S. The maximum atomic E-state index is 12.8. The average Bonchev–Trinajstić information content (AvgIpc) is 2.66. The normalized spacial score (nSPS) is 15.2. The number of carbonyl (C=O) groups excluding carboxylic acids is 2. The van der Waals surface area contributed by atoms with E-state index in [1.54, 1.807) is 6.07 Å². The maximum absolute atomic E-state index is 12.8. The van der Waals surface area contributed by atoms with Crippen molar-refractivity contribution in [2.24, 2.45) is 0 Å². The molecule has 2 aromatic carbocycles. The van der Waals surface area contributed by atoms with Gasteiger partial charge in [0.15, 0.2) is 0 Å². The number of nitrogens with one attached hydrogen (secondary N) is 2. The third-order valence-corrected chi connectivity index (χ3v) is 6.37. The fourth-order valence-electron chi connectivity index (χ4n) is 3.55. The summed E-state index contributed by atoms with van der Waals surface area (Å²) in [6.45, 7) is 1.47. The van der Waals surface area contributed by atoms with Crippen LogP contribution in [0.4, 0.5) is 5.69 Å². The standard InChI is InChI=1S/C23H27ClN2O2S/c1-16(27)25-21-15-17(23(28)26-19-7-5-3-2-4-6-8-19)9-14-22(21)29-20-12-10-18(24)11-13-20/h9-15,19H,2-8H2,1H3,(H,25,27)(H,26,28). The lowest BCUT2D eigenvalue weighted by molar-refractivity contribution is -0.114. The maximum Gasteiger partial charge on any atom is 0.251 e. The van der Waals surface area contributed by atoms with Crippen LogP contribution in [-0.4, -0.2) is 17.9 Å². The summed E-state index contributed by atoms with van der Waals surface area (Å²) >= 11 is 7.48. The zero-order valence-corrected chi connectivity index (χ0v) is 18.2. The Hall–Kier alpha value is -1.98. The van der Waals surface area contributed by atoms with Gasteiger partial charge < -0.3 is 10.6 Å². The molecule has 0 radical (unpaired) electrons. The van der Waals surface area contributed by atoms with Crippen LogP contribution in [0.15, 0.2) is 52.3 Å². The van der Waals surface area contributed by atoms with Gasteiger partial charge in [-0.05, 0) is 55.3 Å². The molecule has 1 fully saturated rings. The smallest absolute Gasteiger partial charge is 0.251 e. The molecular weight excluding hydrogens is 404 g/mol. The van der Waals surface area contributed by atoms with Gasteiger partial charge in [0.2, 0.25) is 5.91 Å². The monoisotopic (exact) mass is 430 g/mol. The molecule has 1 saturated carbocycles. The minimum Gasteiger partial charge on any atom is -0.349 e. The highest BCUT2D eigenvalue weighted by Gasteiger charge is 2.17. The molecule has 1 aliphatic carbocycles. The summed E-state index contributed by atoms with van der Waals surface area (Å²) in [4.78, 5) is 26.4. The molecule has 0 aromatic heterocycles. The Morgan fingerprint density at radius 3 is 2.28 bits per heavy atom. The van der Waals surface area contributed by atoms with Crippen molar-refractivity contribution in [2.45, 2.75) is 67.7 Å². The van der Waals surface area contributed by atoms with Crippen molar-refractivity contribution < 1.29 is 9.59 Å². The van der Waals surface area contributed by atoms with Gasteiger partial charge in [0.05, 0.1) is 5.69 Å². The number of hydrogen-bond donors (Lipinski definition) is 2. The van der Waals surface area contributed by atoms with Crippen molar-refractivity contribution >= 4 is 40.9 Å². The minimum atomic E-state index is -0.166. The van der Waals surface area contributed by atoms with Gasteiger partial charge in [-0.3, -0.25) is 9.59 Å². The van der Waals surface area contributed by atoms with Crippen LogP contribution in [0.5, 0.6) is 0 Å². The third kappa shape index (κ3) is 6.79. The van der Waals surface area contributed by atoms with Crippen LogP contribution < -0.4 is 10.6 Å². The zero-order chi connectivity index (χ0) is 20.6. The molecule has 29 heavy (non-hydrogen) atoms. The van der Waals surface area contributed by atoms with Crippen molar-refractivity contribution in [3.8, 4) is 0 Å². The highest BCUT2D eigenvalue weighted by Crippen LogP contribution is 2.35. The van der Waals surface area contributed by atoms with Gasteiger partial charge in [0, 0.05) is 33.3 Å². The molecule has 2 aromatic rings. The second-order valence-corrected chi connectivity index (χ2v) is 9.02. The van der Waals surface area contributed by atoms with E-state index in [1.807, 2.05) is 36.4 Å². The minimum absolute atomic E-state index is 0.0785. The second kappa shape index (κ2) is 10.7. The van der Waals surface area contributed by atoms with Crippen LogP contribution in [-0.2, 0) is 4.79 Å². The summed E-state index contributed by atoms with van der Waals surface area (Å²) < 4.78 is 0. The molecule has 0 bridgehead atoms. The van der Waals surface area contributed by atoms with E-state index in [9.17, 15) is 9.59 Å². The lowest BCUT2D eigenvalue weighted by atomic mass is 9.96. The summed E-state index contributed by atoms with van der Waals surface area (Å²) in [5.74, 6) is -0.245. The van der Waals surface area contributed by atoms with Crippen molar-refractivity contribution in [1.82, 2.24) is 5.32 Å². The highest BCUT2D eigenvalue weighted by atomic mass is 35.5. The number of anilines is 1. The second-order valence-electron chi connectivity index (χ2n) is 7.46. The van der Waals surface area contributed by atoms with E-state index in [0.29, 0.717) is 16.3 Å². The first kappa shape index (κ1) is 21.7. The van der Waals surface area contributed by atoms with E-state index in [0.717, 1.165) is 22.6 Å². The first-order valence-corrected chi connectivity index (χ1v) is 11.4. The van der Waals surface area contributed by atoms with Gasteiger partial charge in [0.25, 0.3) is 5.91 Å². The molecule has 2 amide bonds. The van der Waals surface area contributed by atoms with E-state index in [2.05, 4.69) is 10.6 Å². The first-order valence-electron chi connectivity index (χ1n) is 10.2. The molecule has 0 heterocycles. The SMILES string of the molecule is CC(=O)Nc1cc(C(=O)NC2CCCCCCC2)ccc1Sc1ccc(Cl)cc1. The number of benzene rings is 2. The number of carbonyl (C=O) groups is 2. The molecule has 4 nitrogen and oxygen atoms in total. The predicted octanol–water partition coefficient (Wildman–Crippen LogP) is 6.29. The Bertz CT molecular complexity index is 846. The third-order valence-electron chi connectivity index (χ3n) is 5.03. The van der Waals surface area contributed by atoms with Gasteiger partial charge >= 0.3 is 0 Å². The van der Waals surface area contributed by atoms with Crippen LogP contribution in [0.3, 0.4) is 0 Å². The summed E-state index contributed by atoms with van der Waals surface area (Å²) in [6, 6.07) is 13.2. The molecule has 2 N–H and O–H groups in total. The first-order chi connectivity index (χ1) is 14.0. The van der Waals surface area contributed by atoms with Crippen LogP contribution in [0, 0.1) is 0 Å². The van der Waals surface area contributed by atoms with E-state index >= 15 is 0 Å². The number of rotatable bonds is 5. The Labute approximate surface area is 181 Å². The Balaban J connectivity index is 1.75. The largest absolute Gasteiger partial charge is 0.349 e. The predicted molar refractivity (Wildman–Crippen MR) is 120 cm³/mol.